The minimum atomic E-state index is -1.37. The van der Waals surface area contributed by atoms with Crippen molar-refractivity contribution < 1.29 is 20.3 Å². The van der Waals surface area contributed by atoms with Crippen LogP contribution in [-0.2, 0) is 6.54 Å². The van der Waals surface area contributed by atoms with Gasteiger partial charge in [0, 0.05) is 32.7 Å². The number of aliphatic hydroxyl groups is 2. The molecule has 142 valence electrons. The molecular formula is C18H33BN2O4. The summed E-state index contributed by atoms with van der Waals surface area (Å²) >= 11 is 0. The van der Waals surface area contributed by atoms with Crippen molar-refractivity contribution in [3.05, 3.63) is 29.8 Å². The van der Waals surface area contributed by atoms with E-state index in [1.807, 2.05) is 12.1 Å². The maximum Gasteiger partial charge on any atom is 0.488 e. The van der Waals surface area contributed by atoms with E-state index in [0.717, 1.165) is 32.7 Å². The largest absolute Gasteiger partial charge is 0.488 e. The third-order valence-corrected chi connectivity index (χ3v) is 4.78. The normalized spacial score (nSPS) is 17.0. The van der Waals surface area contributed by atoms with Crippen molar-refractivity contribution in [1.29, 1.82) is 0 Å². The molecule has 25 heavy (non-hydrogen) atoms. The van der Waals surface area contributed by atoms with Crippen LogP contribution in [0, 0.1) is 0 Å². The molecule has 4 N–H and O–H groups in total. The molecule has 0 bridgehead atoms. The highest BCUT2D eigenvalue weighted by Gasteiger charge is 2.31. The lowest BCUT2D eigenvalue weighted by Gasteiger charge is -2.32. The molecule has 1 heterocycles. The zero-order valence-electron chi connectivity index (χ0n) is 16.1. The quantitative estimate of drug-likeness (QED) is 0.554. The first-order valence-corrected chi connectivity index (χ1v) is 8.71. The molecule has 7 heteroatoms. The van der Waals surface area contributed by atoms with Crippen molar-refractivity contribution >= 4 is 12.6 Å². The number of benzene rings is 1. The second-order valence-corrected chi connectivity index (χ2v) is 7.81. The van der Waals surface area contributed by atoms with Gasteiger partial charge in [-0.15, -0.1) is 0 Å². The van der Waals surface area contributed by atoms with E-state index < -0.39 is 18.3 Å². The predicted molar refractivity (Wildman–Crippen MR) is 102 cm³/mol. The van der Waals surface area contributed by atoms with Crippen LogP contribution in [-0.4, -0.2) is 81.6 Å². The molecule has 0 aromatic heterocycles. The van der Waals surface area contributed by atoms with Gasteiger partial charge in [-0.2, -0.15) is 0 Å². The van der Waals surface area contributed by atoms with Gasteiger partial charge in [0.15, 0.2) is 0 Å². The van der Waals surface area contributed by atoms with Gasteiger partial charge >= 0.3 is 7.12 Å². The Labute approximate surface area is 151 Å². The van der Waals surface area contributed by atoms with Gasteiger partial charge in [0.25, 0.3) is 0 Å². The standard InChI is InChI=1S/C12H19BN2O2.C6H14O2/c1-14-6-8-15(9-7-14)10-11-2-4-12(5-3-11)13(16)17;1-5(2,7)6(3,4)8/h2-5,16-17H,6-10H2,1H3;7-8H,1-4H3. The van der Waals surface area contributed by atoms with Crippen LogP contribution < -0.4 is 5.46 Å². The average molecular weight is 352 g/mol. The number of hydrogen-bond donors (Lipinski definition) is 4. The van der Waals surface area contributed by atoms with Crippen LogP contribution in [0.5, 0.6) is 0 Å². The molecule has 1 fully saturated rings. The second-order valence-electron chi connectivity index (χ2n) is 7.81. The summed E-state index contributed by atoms with van der Waals surface area (Å²) in [5, 5.41) is 36.2. The fourth-order valence-corrected chi connectivity index (χ4v) is 2.06. The summed E-state index contributed by atoms with van der Waals surface area (Å²) in [7, 11) is 0.780. The third-order valence-electron chi connectivity index (χ3n) is 4.78. The molecular weight excluding hydrogens is 319 g/mol. The molecule has 1 aromatic carbocycles. The zero-order valence-corrected chi connectivity index (χ0v) is 16.1. The van der Waals surface area contributed by atoms with E-state index in [1.165, 1.54) is 5.56 Å². The monoisotopic (exact) mass is 352 g/mol. The van der Waals surface area contributed by atoms with Gasteiger partial charge in [-0.3, -0.25) is 4.90 Å². The van der Waals surface area contributed by atoms with Gasteiger partial charge < -0.3 is 25.2 Å². The summed E-state index contributed by atoms with van der Waals surface area (Å²) in [4.78, 5) is 4.76. The number of hydrogen-bond acceptors (Lipinski definition) is 6. The van der Waals surface area contributed by atoms with Crippen LogP contribution in [0.25, 0.3) is 0 Å². The molecule has 2 rings (SSSR count). The Morgan fingerprint density at radius 3 is 1.68 bits per heavy atom. The molecule has 0 aliphatic carbocycles. The van der Waals surface area contributed by atoms with Crippen LogP contribution in [0.1, 0.15) is 33.3 Å². The Kier molecular flexibility index (Phi) is 8.06. The Hall–Kier alpha value is -0.955. The van der Waals surface area contributed by atoms with Gasteiger partial charge in [0.1, 0.15) is 0 Å². The van der Waals surface area contributed by atoms with Crippen LogP contribution in [0.15, 0.2) is 24.3 Å². The fraction of sp³-hybridized carbons (Fsp3) is 0.667. The average Bonchev–Trinajstić information content (AvgIpc) is 2.49. The molecule has 0 spiro atoms. The van der Waals surface area contributed by atoms with Crippen molar-refractivity contribution in [2.75, 3.05) is 33.2 Å². The molecule has 0 radical (unpaired) electrons. The second kappa shape index (κ2) is 9.12. The van der Waals surface area contributed by atoms with Gasteiger partial charge in [0.05, 0.1) is 11.2 Å². The van der Waals surface area contributed by atoms with E-state index in [-0.39, 0.29) is 0 Å². The maximum absolute atomic E-state index is 9.10. The first-order valence-electron chi connectivity index (χ1n) is 8.71. The Balaban J connectivity index is 0.000000333. The minimum absolute atomic E-state index is 0.548. The Morgan fingerprint density at radius 1 is 0.880 bits per heavy atom. The van der Waals surface area contributed by atoms with E-state index in [2.05, 4.69) is 16.8 Å². The first-order chi connectivity index (χ1) is 11.4. The molecule has 0 atom stereocenters. The molecule has 1 aromatic rings. The van der Waals surface area contributed by atoms with E-state index >= 15 is 0 Å². The molecule has 1 saturated heterocycles. The van der Waals surface area contributed by atoms with Gasteiger partial charge in [0.2, 0.25) is 0 Å². The van der Waals surface area contributed by atoms with Crippen molar-refractivity contribution in [3.63, 3.8) is 0 Å². The molecule has 0 saturated carbocycles. The summed E-state index contributed by atoms with van der Waals surface area (Å²) < 4.78 is 0. The molecule has 6 nitrogen and oxygen atoms in total. The summed E-state index contributed by atoms with van der Waals surface area (Å²) in [5.41, 5.74) is -0.244. The SMILES string of the molecule is CC(C)(O)C(C)(C)O.CN1CCN(Cc2ccc(B(O)O)cc2)CC1. The molecule has 0 amide bonds. The van der Waals surface area contributed by atoms with Crippen LogP contribution in [0.4, 0.5) is 0 Å². The van der Waals surface area contributed by atoms with Crippen LogP contribution in [0.2, 0.25) is 0 Å². The lowest BCUT2D eigenvalue weighted by atomic mass is 9.80. The maximum atomic E-state index is 9.10. The molecule has 0 unspecified atom stereocenters. The lowest BCUT2D eigenvalue weighted by molar-refractivity contribution is -0.107. The summed E-state index contributed by atoms with van der Waals surface area (Å²) in [6, 6.07) is 7.48. The highest BCUT2D eigenvalue weighted by molar-refractivity contribution is 6.58. The van der Waals surface area contributed by atoms with Gasteiger partial charge in [-0.25, -0.2) is 0 Å². The van der Waals surface area contributed by atoms with Gasteiger partial charge in [-0.05, 0) is 45.8 Å². The van der Waals surface area contributed by atoms with Crippen LogP contribution in [0.3, 0.4) is 0 Å². The summed E-state index contributed by atoms with van der Waals surface area (Å²) in [6.07, 6.45) is 0. The van der Waals surface area contributed by atoms with E-state index in [4.69, 9.17) is 20.3 Å². The number of nitrogens with zero attached hydrogens (tertiary/aromatic N) is 2. The minimum Gasteiger partial charge on any atom is -0.423 e. The summed E-state index contributed by atoms with van der Waals surface area (Å²) in [5.74, 6) is 0. The van der Waals surface area contributed by atoms with E-state index in [9.17, 15) is 0 Å². The molecule has 1 aliphatic rings. The van der Waals surface area contributed by atoms with E-state index in [0.29, 0.717) is 5.46 Å². The predicted octanol–water partition coefficient (Wildman–Crippen LogP) is -0.358. The van der Waals surface area contributed by atoms with Crippen molar-refractivity contribution in [1.82, 2.24) is 9.80 Å². The van der Waals surface area contributed by atoms with Crippen molar-refractivity contribution in [2.45, 2.75) is 45.4 Å². The number of rotatable bonds is 4. The topological polar surface area (TPSA) is 87.4 Å². The third kappa shape index (κ3) is 7.86. The van der Waals surface area contributed by atoms with Crippen LogP contribution >= 0.6 is 0 Å². The Bertz CT molecular complexity index is 489. The van der Waals surface area contributed by atoms with Gasteiger partial charge in [-0.1, -0.05) is 24.3 Å². The van der Waals surface area contributed by atoms with Crippen molar-refractivity contribution in [2.24, 2.45) is 0 Å². The zero-order chi connectivity index (χ0) is 19.3. The smallest absolute Gasteiger partial charge is 0.423 e. The Morgan fingerprint density at radius 2 is 1.32 bits per heavy atom. The lowest BCUT2D eigenvalue weighted by Crippen LogP contribution is -2.44. The highest BCUT2D eigenvalue weighted by Crippen LogP contribution is 2.19. The highest BCUT2D eigenvalue weighted by atomic mass is 16.4. The molecule has 1 aliphatic heterocycles. The number of piperazine rings is 1. The first kappa shape index (κ1) is 22.1. The van der Waals surface area contributed by atoms with Crippen molar-refractivity contribution in [3.8, 4) is 0 Å². The summed E-state index contributed by atoms with van der Waals surface area (Å²) in [6.45, 7) is 11.7. The van der Waals surface area contributed by atoms with E-state index in [1.54, 1.807) is 39.8 Å². The number of likely N-dealkylation sites (N-methyl/N-ethyl adjacent to an activating group) is 1. The fourth-order valence-electron chi connectivity index (χ4n) is 2.06.